The molecule has 3 amide bonds. The number of nitrogens with two attached hydrogens (primary N) is 1. The van der Waals surface area contributed by atoms with Gasteiger partial charge in [-0.15, -0.1) is 0 Å². The molecule has 1 fully saturated rings. The van der Waals surface area contributed by atoms with E-state index in [1.54, 1.807) is 19.1 Å². The number of aromatic nitrogens is 1. The molecule has 0 bridgehead atoms. The topological polar surface area (TPSA) is 178 Å². The van der Waals surface area contributed by atoms with Crippen LogP contribution in [0.3, 0.4) is 0 Å². The van der Waals surface area contributed by atoms with Crippen molar-refractivity contribution in [2.75, 3.05) is 23.4 Å². The van der Waals surface area contributed by atoms with E-state index in [1.165, 1.54) is 36.4 Å². The van der Waals surface area contributed by atoms with E-state index >= 15 is 0 Å². The highest BCUT2D eigenvalue weighted by atomic mass is 32.2. The van der Waals surface area contributed by atoms with Crippen molar-refractivity contribution in [1.82, 2.24) is 4.98 Å². The maximum Gasteiger partial charge on any atom is 0.416 e. The summed E-state index contributed by atoms with van der Waals surface area (Å²) in [6, 6.07) is 13.8. The fourth-order valence-corrected chi connectivity index (χ4v) is 8.66. The van der Waals surface area contributed by atoms with Crippen LogP contribution in [-0.2, 0) is 30.6 Å². The van der Waals surface area contributed by atoms with Gasteiger partial charge in [-0.3, -0.25) is 19.2 Å². The molecule has 256 valence electrons. The Bertz CT molecular complexity index is 2130. The van der Waals surface area contributed by atoms with Gasteiger partial charge in [0.05, 0.1) is 33.7 Å². The van der Waals surface area contributed by atoms with Crippen molar-refractivity contribution in [1.29, 1.82) is 0 Å². The van der Waals surface area contributed by atoms with Gasteiger partial charge in [-0.2, -0.15) is 13.2 Å². The Morgan fingerprint density at radius 3 is 2.41 bits per heavy atom. The van der Waals surface area contributed by atoms with Crippen molar-refractivity contribution in [3.63, 3.8) is 0 Å². The van der Waals surface area contributed by atoms with Crippen LogP contribution in [0.4, 0.5) is 24.5 Å². The lowest BCUT2D eigenvalue weighted by molar-refractivity contribution is -0.137. The zero-order chi connectivity index (χ0) is 35.2. The summed E-state index contributed by atoms with van der Waals surface area (Å²) >= 11 is 1.84. The summed E-state index contributed by atoms with van der Waals surface area (Å²) in [4.78, 5) is 56.1. The number of thiazole rings is 1. The van der Waals surface area contributed by atoms with Crippen molar-refractivity contribution in [2.45, 2.75) is 34.2 Å². The molecular weight excluding hydrogens is 710 g/mol. The van der Waals surface area contributed by atoms with E-state index < -0.39 is 68.1 Å². The minimum atomic E-state index is -4.70. The number of nitrogens with zero attached hydrogens (tertiary/aromatic N) is 1. The number of hydrogen-bond donors (Lipinski definition) is 3. The quantitative estimate of drug-likeness (QED) is 0.212. The summed E-state index contributed by atoms with van der Waals surface area (Å²) in [5.74, 6) is -3.57. The van der Waals surface area contributed by atoms with Crippen LogP contribution in [0, 0.1) is 5.92 Å². The summed E-state index contributed by atoms with van der Waals surface area (Å²) in [6.45, 7) is 1.42. The fraction of sp³-hybridized carbons (Fsp3) is 0.226. The predicted octanol–water partition coefficient (Wildman–Crippen LogP) is 4.31. The van der Waals surface area contributed by atoms with Crippen LogP contribution in [0.15, 0.2) is 81.4 Å². The number of nitrogens with one attached hydrogen (secondary N) is 2. The first-order valence-electron chi connectivity index (χ1n) is 14.4. The number of alkyl halides is 3. The number of aromatic amines is 1. The van der Waals surface area contributed by atoms with E-state index in [1.807, 2.05) is 0 Å². The van der Waals surface area contributed by atoms with Gasteiger partial charge in [0.25, 0.3) is 5.91 Å². The van der Waals surface area contributed by atoms with Gasteiger partial charge in [0.1, 0.15) is 5.25 Å². The van der Waals surface area contributed by atoms with E-state index in [9.17, 15) is 40.8 Å². The number of ether oxygens (including phenoxy) is 2. The summed E-state index contributed by atoms with van der Waals surface area (Å²) in [7, 11) is -3.91. The molecule has 49 heavy (non-hydrogen) atoms. The average Bonchev–Trinajstić information content (AvgIpc) is 3.53. The molecule has 3 aromatic carbocycles. The van der Waals surface area contributed by atoms with E-state index in [2.05, 4.69) is 10.3 Å². The molecule has 6 rings (SSSR count). The van der Waals surface area contributed by atoms with Gasteiger partial charge in [-0.25, -0.2) is 18.5 Å². The van der Waals surface area contributed by atoms with Gasteiger partial charge in [0, 0.05) is 16.5 Å². The van der Waals surface area contributed by atoms with Crippen LogP contribution < -0.4 is 29.7 Å². The van der Waals surface area contributed by atoms with Gasteiger partial charge in [0.2, 0.25) is 21.8 Å². The second-order valence-electron chi connectivity index (χ2n) is 10.9. The van der Waals surface area contributed by atoms with Gasteiger partial charge in [-0.1, -0.05) is 35.2 Å². The monoisotopic (exact) mass is 734 g/mol. The zero-order valence-electron chi connectivity index (χ0n) is 25.1. The Kier molecular flexibility index (Phi) is 9.08. The van der Waals surface area contributed by atoms with Crippen LogP contribution in [0.2, 0.25) is 0 Å². The van der Waals surface area contributed by atoms with Gasteiger partial charge >= 0.3 is 11.0 Å². The highest BCUT2D eigenvalue weighted by Gasteiger charge is 2.56. The highest BCUT2D eigenvalue weighted by molar-refractivity contribution is 8.00. The number of fused-ring (bicyclic) bond motifs is 2. The third kappa shape index (κ3) is 6.81. The Morgan fingerprint density at radius 1 is 1.00 bits per heavy atom. The summed E-state index contributed by atoms with van der Waals surface area (Å²) in [6.07, 6.45) is -4.70. The van der Waals surface area contributed by atoms with E-state index in [0.29, 0.717) is 21.2 Å². The van der Waals surface area contributed by atoms with Crippen molar-refractivity contribution in [3.8, 4) is 11.5 Å². The first-order chi connectivity index (χ1) is 23.2. The lowest BCUT2D eigenvalue weighted by atomic mass is 9.83. The number of H-pyrrole nitrogens is 1. The van der Waals surface area contributed by atoms with E-state index in [0.717, 1.165) is 46.2 Å². The molecule has 4 aromatic rings. The molecule has 0 saturated carbocycles. The number of anilines is 2. The van der Waals surface area contributed by atoms with Crippen molar-refractivity contribution in [2.24, 2.45) is 11.1 Å². The molecule has 0 spiro atoms. The summed E-state index contributed by atoms with van der Waals surface area (Å²) in [5, 5.41) is 7.00. The van der Waals surface area contributed by atoms with E-state index in [4.69, 9.17) is 14.6 Å². The third-order valence-corrected chi connectivity index (χ3v) is 11.0. The number of imide groups is 1. The predicted molar refractivity (Wildman–Crippen MR) is 173 cm³/mol. The van der Waals surface area contributed by atoms with Crippen LogP contribution >= 0.6 is 23.1 Å². The van der Waals surface area contributed by atoms with Gasteiger partial charge in [-0.05, 0) is 67.1 Å². The van der Waals surface area contributed by atoms with Crippen molar-refractivity contribution in [3.05, 3.63) is 92.4 Å². The Labute approximate surface area is 284 Å². The normalized spacial score (nSPS) is 19.0. The standard InChI is InChI=1S/C31H25F3N4O8S3/c1-2-45-21-12-15(6-11-20(21)46-14-22(39)36-17-7-9-19(10-8-17)49(35,43)44)23-24-26(47-27-25(23)48-30(42)37-27)29(41)38(28(24)40)18-5-3-4-16(13-18)31(32,33)34/h3-13,23-24,26H,2,14H2,1H3,(H,36,39)(H,37,42)(H2,35,43,44)/t23-,24-,26+/m0/s1. The second kappa shape index (κ2) is 13.0. The maximum absolute atomic E-state index is 14.0. The van der Waals surface area contributed by atoms with Gasteiger partial charge in [0.15, 0.2) is 18.1 Å². The number of hydrogen-bond acceptors (Lipinski definition) is 10. The maximum atomic E-state index is 14.0. The fourth-order valence-electron chi connectivity index (χ4n) is 5.63. The molecule has 0 unspecified atom stereocenters. The first kappa shape index (κ1) is 34.2. The molecule has 4 N–H and O–H groups in total. The highest BCUT2D eigenvalue weighted by Crippen LogP contribution is 2.54. The molecule has 18 heteroatoms. The van der Waals surface area contributed by atoms with Crippen molar-refractivity contribution >= 4 is 62.2 Å². The number of thioether (sulfide) groups is 1. The van der Waals surface area contributed by atoms with Crippen LogP contribution in [0.5, 0.6) is 11.5 Å². The molecule has 1 saturated heterocycles. The summed E-state index contributed by atoms with van der Waals surface area (Å²) in [5.41, 5.74) is -0.470. The molecular formula is C31H25F3N4O8S3. The number of benzene rings is 3. The number of carbonyl (C=O) groups excluding carboxylic acids is 3. The number of sulfonamides is 1. The Hall–Kier alpha value is -4.65. The molecule has 12 nitrogen and oxygen atoms in total. The number of halogens is 3. The smallest absolute Gasteiger partial charge is 0.416 e. The average molecular weight is 735 g/mol. The largest absolute Gasteiger partial charge is 0.490 e. The Balaban J connectivity index is 1.28. The minimum Gasteiger partial charge on any atom is -0.490 e. The molecule has 0 aliphatic carbocycles. The van der Waals surface area contributed by atoms with Crippen LogP contribution in [0.1, 0.15) is 28.8 Å². The zero-order valence-corrected chi connectivity index (χ0v) is 27.6. The molecule has 3 heterocycles. The number of carbonyl (C=O) groups is 3. The van der Waals surface area contributed by atoms with Crippen LogP contribution in [-0.4, -0.2) is 49.6 Å². The number of primary sulfonamides is 1. The molecule has 3 atom stereocenters. The SMILES string of the molecule is CCOc1cc([C@@H]2c3sc(=O)[nH]c3S[C@H]3C(=O)N(c4cccc(C(F)(F)F)c4)C(=O)[C@@H]23)ccc1OCC(=O)Nc1ccc(S(N)(=O)=O)cc1. The first-order valence-corrected chi connectivity index (χ1v) is 17.7. The van der Waals surface area contributed by atoms with Gasteiger partial charge < -0.3 is 19.8 Å². The number of amides is 3. The molecule has 1 aromatic heterocycles. The second-order valence-corrected chi connectivity index (χ2v) is 14.6. The van der Waals surface area contributed by atoms with Crippen molar-refractivity contribution < 1.29 is 45.4 Å². The lowest BCUT2D eigenvalue weighted by Gasteiger charge is -2.30. The third-order valence-electron chi connectivity index (χ3n) is 7.71. The number of rotatable bonds is 9. The molecule has 0 radical (unpaired) electrons. The molecule has 2 aliphatic rings. The van der Waals surface area contributed by atoms with E-state index in [-0.39, 0.29) is 28.7 Å². The minimum absolute atomic E-state index is 0.128. The summed E-state index contributed by atoms with van der Waals surface area (Å²) < 4.78 is 74.9. The van der Waals surface area contributed by atoms with Crippen LogP contribution in [0.25, 0.3) is 0 Å². The lowest BCUT2D eigenvalue weighted by Crippen LogP contribution is -2.32. The molecule has 2 aliphatic heterocycles. The Morgan fingerprint density at radius 2 is 1.73 bits per heavy atom.